The van der Waals surface area contributed by atoms with Crippen molar-refractivity contribution in [3.8, 4) is 0 Å². The number of aliphatic hydroxyl groups excluding tert-OH is 1. The van der Waals surface area contributed by atoms with Crippen LogP contribution >= 0.6 is 15.9 Å². The zero-order valence-corrected chi connectivity index (χ0v) is 16.8. The Hall–Kier alpha value is -2.19. The van der Waals surface area contributed by atoms with Crippen molar-refractivity contribution >= 4 is 33.3 Å². The van der Waals surface area contributed by atoms with Crippen LogP contribution < -0.4 is 10.2 Å². The van der Waals surface area contributed by atoms with Crippen LogP contribution in [0, 0.1) is 17.6 Å². The fraction of sp³-hybridized carbons (Fsp3) is 0.350. The fourth-order valence-electron chi connectivity index (χ4n) is 4.43. The molecule has 2 aromatic carbocycles. The summed E-state index contributed by atoms with van der Waals surface area (Å²) in [5, 5.41) is 12.5. The summed E-state index contributed by atoms with van der Waals surface area (Å²) in [6, 6.07) is 7.96. The van der Waals surface area contributed by atoms with Gasteiger partial charge in [0.15, 0.2) is 0 Å². The average molecular weight is 452 g/mol. The zero-order valence-electron chi connectivity index (χ0n) is 15.2. The molecule has 0 bridgehead atoms. The number of benzene rings is 2. The minimum Gasteiger partial charge on any atom is -0.394 e. The molecule has 8 heteroatoms. The smallest absolute Gasteiger partial charge is 0.322 e. The molecule has 1 saturated heterocycles. The molecule has 0 aliphatic carbocycles. The first-order valence-corrected chi connectivity index (χ1v) is 9.86. The number of aliphatic hydroxyl groups is 1. The van der Waals surface area contributed by atoms with Crippen molar-refractivity contribution in [1.29, 1.82) is 0 Å². The van der Waals surface area contributed by atoms with Crippen LogP contribution in [-0.2, 0) is 0 Å². The van der Waals surface area contributed by atoms with Crippen molar-refractivity contribution in [2.24, 2.45) is 5.92 Å². The van der Waals surface area contributed by atoms with Crippen molar-refractivity contribution in [2.75, 3.05) is 30.4 Å². The van der Waals surface area contributed by atoms with E-state index in [2.05, 4.69) is 26.1 Å². The van der Waals surface area contributed by atoms with Gasteiger partial charge in [-0.1, -0.05) is 15.9 Å². The molecule has 4 rings (SSSR count). The van der Waals surface area contributed by atoms with E-state index >= 15 is 0 Å². The van der Waals surface area contributed by atoms with Gasteiger partial charge in [-0.15, -0.1) is 0 Å². The van der Waals surface area contributed by atoms with Crippen LogP contribution in [0.2, 0.25) is 0 Å². The molecule has 2 aliphatic rings. The Balaban J connectivity index is 1.69. The Morgan fingerprint density at radius 2 is 2.07 bits per heavy atom. The molecule has 3 atom stereocenters. The standard InChI is InChI=1S/C20H20BrF2N3O2/c1-25-17-5-2-11(21)8-14(17)19-13(18(25)10-27)6-7-26(19)20(28)24-16-9-12(22)3-4-15(16)23/h2-5,8-9,13,18-19,27H,6-7,10H2,1H3,(H,24,28)/t13-,18-,19-/m1/s1. The van der Waals surface area contributed by atoms with Gasteiger partial charge in [0.2, 0.25) is 0 Å². The van der Waals surface area contributed by atoms with Gasteiger partial charge in [-0.05, 0) is 42.3 Å². The third kappa shape index (κ3) is 3.14. The first-order valence-electron chi connectivity index (χ1n) is 9.06. The number of hydrogen-bond donors (Lipinski definition) is 2. The summed E-state index contributed by atoms with van der Waals surface area (Å²) in [6.45, 7) is 0.440. The largest absolute Gasteiger partial charge is 0.394 e. The number of carbonyl (C=O) groups is 1. The van der Waals surface area contributed by atoms with Crippen molar-refractivity contribution < 1.29 is 18.7 Å². The number of anilines is 2. The highest BCUT2D eigenvalue weighted by Crippen LogP contribution is 2.49. The van der Waals surface area contributed by atoms with E-state index in [-0.39, 0.29) is 30.3 Å². The lowest BCUT2D eigenvalue weighted by atomic mass is 9.82. The van der Waals surface area contributed by atoms with Crippen LogP contribution in [0.25, 0.3) is 0 Å². The van der Waals surface area contributed by atoms with Gasteiger partial charge in [-0.3, -0.25) is 0 Å². The Morgan fingerprint density at radius 3 is 2.82 bits per heavy atom. The number of likely N-dealkylation sites (tertiary alicyclic amines) is 1. The third-order valence-corrected chi connectivity index (χ3v) is 6.24. The highest BCUT2D eigenvalue weighted by Gasteiger charge is 2.47. The maximum absolute atomic E-state index is 14.0. The van der Waals surface area contributed by atoms with Gasteiger partial charge in [0.05, 0.1) is 24.4 Å². The number of hydrogen-bond acceptors (Lipinski definition) is 3. The maximum atomic E-state index is 14.0. The molecule has 2 N–H and O–H groups in total. The normalized spacial score (nSPS) is 23.4. The maximum Gasteiger partial charge on any atom is 0.322 e. The summed E-state index contributed by atoms with van der Waals surface area (Å²) >= 11 is 3.49. The van der Waals surface area contributed by atoms with Gasteiger partial charge in [0.1, 0.15) is 11.6 Å². The minimum absolute atomic E-state index is 0.0266. The van der Waals surface area contributed by atoms with Crippen LogP contribution in [0.5, 0.6) is 0 Å². The van der Waals surface area contributed by atoms with Crippen LogP contribution in [-0.4, -0.2) is 42.3 Å². The molecule has 2 aromatic rings. The number of urea groups is 1. The van der Waals surface area contributed by atoms with E-state index in [9.17, 15) is 18.7 Å². The number of amides is 2. The molecule has 5 nitrogen and oxygen atoms in total. The molecular formula is C20H20BrF2N3O2. The molecule has 2 amide bonds. The molecule has 28 heavy (non-hydrogen) atoms. The molecule has 0 radical (unpaired) electrons. The van der Waals surface area contributed by atoms with Crippen molar-refractivity contribution in [3.63, 3.8) is 0 Å². The highest BCUT2D eigenvalue weighted by molar-refractivity contribution is 9.10. The lowest BCUT2D eigenvalue weighted by molar-refractivity contribution is 0.168. The number of nitrogens with one attached hydrogen (secondary N) is 1. The second kappa shape index (κ2) is 7.33. The van der Waals surface area contributed by atoms with Gasteiger partial charge < -0.3 is 20.2 Å². The second-order valence-corrected chi connectivity index (χ2v) is 8.12. The first-order chi connectivity index (χ1) is 13.4. The first kappa shape index (κ1) is 19.1. The molecule has 0 aromatic heterocycles. The fourth-order valence-corrected chi connectivity index (χ4v) is 4.81. The van der Waals surface area contributed by atoms with Gasteiger partial charge in [-0.2, -0.15) is 0 Å². The van der Waals surface area contributed by atoms with Gasteiger partial charge in [-0.25, -0.2) is 13.6 Å². The average Bonchev–Trinajstić information content (AvgIpc) is 3.10. The van der Waals surface area contributed by atoms with Crippen molar-refractivity contribution in [1.82, 2.24) is 4.90 Å². The molecule has 0 saturated carbocycles. The Bertz CT molecular complexity index is 926. The van der Waals surface area contributed by atoms with Crippen LogP contribution in [0.1, 0.15) is 18.0 Å². The van der Waals surface area contributed by atoms with E-state index in [1.807, 2.05) is 25.2 Å². The van der Waals surface area contributed by atoms with E-state index in [1.165, 1.54) is 0 Å². The minimum atomic E-state index is -0.690. The number of rotatable bonds is 2. The van der Waals surface area contributed by atoms with Crippen molar-refractivity contribution in [3.05, 3.63) is 58.1 Å². The predicted molar refractivity (Wildman–Crippen MR) is 106 cm³/mol. The Morgan fingerprint density at radius 1 is 1.29 bits per heavy atom. The lowest BCUT2D eigenvalue weighted by Gasteiger charge is -2.44. The molecule has 2 heterocycles. The van der Waals surface area contributed by atoms with E-state index < -0.39 is 17.7 Å². The Kier molecular flexibility index (Phi) is 5.01. The summed E-state index contributed by atoms with van der Waals surface area (Å²) in [5.74, 6) is -1.27. The van der Waals surface area contributed by atoms with E-state index in [4.69, 9.17) is 0 Å². The second-order valence-electron chi connectivity index (χ2n) is 7.21. The van der Waals surface area contributed by atoms with E-state index in [1.54, 1.807) is 4.90 Å². The lowest BCUT2D eigenvalue weighted by Crippen LogP contribution is -2.48. The molecular weight excluding hydrogens is 432 g/mol. The monoisotopic (exact) mass is 451 g/mol. The SMILES string of the molecule is CN1c2ccc(Br)cc2[C@H]2[C@H](CCN2C(=O)Nc2cc(F)ccc2F)[C@H]1CO. The molecule has 148 valence electrons. The predicted octanol–water partition coefficient (Wildman–Crippen LogP) is 4.13. The van der Waals surface area contributed by atoms with E-state index in [0.29, 0.717) is 13.0 Å². The Labute approximate surface area is 170 Å². The number of likely N-dealkylation sites (N-methyl/N-ethyl adjacent to an activating group) is 1. The molecule has 0 unspecified atom stereocenters. The molecule has 2 aliphatic heterocycles. The van der Waals surface area contributed by atoms with Crippen LogP contribution in [0.3, 0.4) is 0 Å². The molecule has 0 spiro atoms. The van der Waals surface area contributed by atoms with Gasteiger partial charge >= 0.3 is 6.03 Å². The third-order valence-electron chi connectivity index (χ3n) is 5.74. The van der Waals surface area contributed by atoms with Crippen LogP contribution in [0.15, 0.2) is 40.9 Å². The van der Waals surface area contributed by atoms with Gasteiger partial charge in [0.25, 0.3) is 0 Å². The summed E-state index contributed by atoms with van der Waals surface area (Å²) in [7, 11) is 1.94. The zero-order chi connectivity index (χ0) is 20.0. The van der Waals surface area contributed by atoms with Gasteiger partial charge in [0, 0.05) is 35.7 Å². The van der Waals surface area contributed by atoms with Crippen LogP contribution in [0.4, 0.5) is 25.0 Å². The quantitative estimate of drug-likeness (QED) is 0.721. The van der Waals surface area contributed by atoms with E-state index in [0.717, 1.165) is 33.9 Å². The number of halogens is 3. The summed E-state index contributed by atoms with van der Waals surface area (Å²) in [6.07, 6.45) is 0.714. The molecule has 1 fully saturated rings. The number of nitrogens with zero attached hydrogens (tertiary/aromatic N) is 2. The number of carbonyl (C=O) groups excluding carboxylic acids is 1. The van der Waals surface area contributed by atoms with Crippen molar-refractivity contribution in [2.45, 2.75) is 18.5 Å². The summed E-state index contributed by atoms with van der Waals surface area (Å²) in [4.78, 5) is 16.6. The summed E-state index contributed by atoms with van der Waals surface area (Å²) < 4.78 is 28.3. The topological polar surface area (TPSA) is 55.8 Å². The highest BCUT2D eigenvalue weighted by atomic mass is 79.9. The summed E-state index contributed by atoms with van der Waals surface area (Å²) in [5.41, 5.74) is 1.73. The number of fused-ring (bicyclic) bond motifs is 3.